The molecule has 0 bridgehead atoms. The molecule has 0 saturated heterocycles. The van der Waals surface area contributed by atoms with Crippen molar-refractivity contribution in [3.63, 3.8) is 0 Å². The number of phosphoric acid groups is 1. The molecule has 0 amide bonds. The first kappa shape index (κ1) is 48.3. The zero-order valence-corrected chi connectivity index (χ0v) is 33.0. The first-order valence-corrected chi connectivity index (χ1v) is 21.7. The predicted molar refractivity (Wildman–Crippen MR) is 210 cm³/mol. The molecule has 0 spiro atoms. The van der Waals surface area contributed by atoms with Gasteiger partial charge in [0.15, 0.2) is 6.10 Å². The fourth-order valence-electron chi connectivity index (χ4n) is 5.39. The Morgan fingerprint density at radius 3 is 1.70 bits per heavy atom. The summed E-state index contributed by atoms with van der Waals surface area (Å²) in [7, 11) is -4.29. The van der Waals surface area contributed by atoms with E-state index in [1.165, 1.54) is 83.5 Å². The van der Waals surface area contributed by atoms with E-state index in [0.29, 0.717) is 0 Å². The van der Waals surface area contributed by atoms with Crippen molar-refractivity contribution in [1.29, 1.82) is 0 Å². The first-order chi connectivity index (χ1) is 24.4. The summed E-state index contributed by atoms with van der Waals surface area (Å²) in [6, 6.07) is 0. The molecule has 0 radical (unpaired) electrons. The van der Waals surface area contributed by atoms with Gasteiger partial charge in [-0.05, 0) is 57.4 Å². The fraction of sp³-hybridized carbons (Fsp3) is 0.780. The number of esters is 1. The van der Waals surface area contributed by atoms with Gasteiger partial charge in [-0.25, -0.2) is 4.57 Å². The summed E-state index contributed by atoms with van der Waals surface area (Å²) >= 11 is 0. The van der Waals surface area contributed by atoms with Crippen LogP contribution in [-0.2, 0) is 27.9 Å². The Kier molecular flexibility index (Phi) is 37.2. The molecule has 292 valence electrons. The van der Waals surface area contributed by atoms with E-state index in [9.17, 15) is 14.3 Å². The summed E-state index contributed by atoms with van der Waals surface area (Å²) in [5.41, 5.74) is 5.35. The smallest absolute Gasteiger partial charge is 0.472 e. The second-order valence-electron chi connectivity index (χ2n) is 13.2. The Morgan fingerprint density at radius 1 is 0.640 bits per heavy atom. The number of phosphoric ester groups is 1. The topological polar surface area (TPSA) is 117 Å². The van der Waals surface area contributed by atoms with Crippen LogP contribution in [0.3, 0.4) is 0 Å². The summed E-state index contributed by atoms with van der Waals surface area (Å²) in [4.78, 5) is 22.4. The van der Waals surface area contributed by atoms with Crippen LogP contribution in [0.4, 0.5) is 0 Å². The van der Waals surface area contributed by atoms with Crippen LogP contribution in [0.15, 0.2) is 48.8 Å². The van der Waals surface area contributed by atoms with Gasteiger partial charge in [0, 0.05) is 13.0 Å². The lowest BCUT2D eigenvalue weighted by atomic mass is 10.0. The van der Waals surface area contributed by atoms with E-state index in [-0.39, 0.29) is 38.8 Å². The lowest BCUT2D eigenvalue weighted by Crippen LogP contribution is -2.27. The first-order valence-electron chi connectivity index (χ1n) is 20.2. The van der Waals surface area contributed by atoms with Gasteiger partial charge in [-0.3, -0.25) is 13.8 Å². The van der Waals surface area contributed by atoms with Crippen molar-refractivity contribution in [3.05, 3.63) is 48.8 Å². The summed E-state index contributed by atoms with van der Waals surface area (Å²) in [6.07, 6.45) is 45.0. The minimum Gasteiger partial charge on any atom is -0.498 e. The average Bonchev–Trinajstić information content (AvgIpc) is 3.10. The number of carbonyl (C=O) groups excluding carboxylic acids is 1. The quantitative estimate of drug-likeness (QED) is 0.0212. The highest BCUT2D eigenvalue weighted by Crippen LogP contribution is 2.43. The Balaban J connectivity index is 4.14. The van der Waals surface area contributed by atoms with Gasteiger partial charge in [-0.2, -0.15) is 0 Å². The van der Waals surface area contributed by atoms with Gasteiger partial charge in [-0.1, -0.05) is 153 Å². The van der Waals surface area contributed by atoms with Crippen molar-refractivity contribution in [2.24, 2.45) is 5.73 Å². The number of unbranched alkanes of at least 4 members (excludes halogenated alkanes) is 19. The molecule has 0 rings (SSSR count). The molecule has 0 fully saturated rings. The van der Waals surface area contributed by atoms with Crippen molar-refractivity contribution >= 4 is 13.8 Å². The van der Waals surface area contributed by atoms with E-state index >= 15 is 0 Å². The summed E-state index contributed by atoms with van der Waals surface area (Å²) in [5.74, 6) is -0.370. The van der Waals surface area contributed by atoms with Crippen LogP contribution < -0.4 is 5.73 Å². The van der Waals surface area contributed by atoms with E-state index in [2.05, 4.69) is 50.3 Å². The largest absolute Gasteiger partial charge is 0.498 e. The van der Waals surface area contributed by atoms with Gasteiger partial charge < -0.3 is 20.1 Å². The van der Waals surface area contributed by atoms with Crippen LogP contribution in [0.25, 0.3) is 0 Å². The Morgan fingerprint density at radius 2 is 1.14 bits per heavy atom. The molecular weight excluding hydrogens is 649 g/mol. The molecule has 1 unspecified atom stereocenters. The molecule has 2 atom stereocenters. The zero-order valence-electron chi connectivity index (χ0n) is 32.1. The number of carbonyl (C=O) groups is 1. The van der Waals surface area contributed by atoms with Gasteiger partial charge >= 0.3 is 13.8 Å². The van der Waals surface area contributed by atoms with E-state index in [0.717, 1.165) is 70.6 Å². The molecule has 50 heavy (non-hydrogen) atoms. The van der Waals surface area contributed by atoms with Gasteiger partial charge in [0.1, 0.15) is 6.61 Å². The Hall–Kier alpha value is -1.70. The predicted octanol–water partition coefficient (Wildman–Crippen LogP) is 12.0. The molecule has 0 aromatic carbocycles. The summed E-state index contributed by atoms with van der Waals surface area (Å²) in [5, 5.41) is 0. The average molecular weight is 726 g/mol. The summed E-state index contributed by atoms with van der Waals surface area (Å²) in [6.45, 7) is 4.11. The van der Waals surface area contributed by atoms with E-state index in [1.54, 1.807) is 6.26 Å². The van der Waals surface area contributed by atoms with Crippen LogP contribution in [0.1, 0.15) is 174 Å². The van der Waals surface area contributed by atoms with E-state index < -0.39 is 13.9 Å². The van der Waals surface area contributed by atoms with Gasteiger partial charge in [0.05, 0.1) is 19.5 Å². The number of hydrogen-bond donors (Lipinski definition) is 2. The third-order valence-corrected chi connectivity index (χ3v) is 9.31. The highest BCUT2D eigenvalue weighted by atomic mass is 31.2. The third-order valence-electron chi connectivity index (χ3n) is 8.32. The molecule has 0 aromatic rings. The molecule has 0 aromatic heterocycles. The van der Waals surface area contributed by atoms with Crippen molar-refractivity contribution in [2.75, 3.05) is 26.4 Å². The maximum absolute atomic E-state index is 12.5. The van der Waals surface area contributed by atoms with E-state index in [4.69, 9.17) is 24.3 Å². The minimum absolute atomic E-state index is 0.0249. The molecule has 0 heterocycles. The van der Waals surface area contributed by atoms with Crippen LogP contribution in [0.2, 0.25) is 0 Å². The van der Waals surface area contributed by atoms with Crippen LogP contribution in [0.5, 0.6) is 0 Å². The number of ether oxygens (including phenoxy) is 2. The lowest BCUT2D eigenvalue weighted by Gasteiger charge is -2.19. The monoisotopic (exact) mass is 726 g/mol. The fourth-order valence-corrected chi connectivity index (χ4v) is 6.15. The Bertz CT molecular complexity index is 905. The number of rotatable bonds is 38. The second-order valence-corrected chi connectivity index (χ2v) is 14.6. The minimum atomic E-state index is -4.29. The van der Waals surface area contributed by atoms with E-state index in [1.807, 2.05) is 6.08 Å². The number of nitrogens with two attached hydrogens (primary N) is 1. The normalized spacial score (nSPS) is 14.0. The SMILES string of the molecule is CCC=CCC=CCC=CCCCCCCCC(=O)O[C@H](COC=CCCCCCCCCCCCCCCCC)COP(=O)(O)OCCN. The van der Waals surface area contributed by atoms with Crippen molar-refractivity contribution in [1.82, 2.24) is 0 Å². The van der Waals surface area contributed by atoms with Gasteiger partial charge in [0.25, 0.3) is 0 Å². The summed E-state index contributed by atoms with van der Waals surface area (Å²) < 4.78 is 33.1. The van der Waals surface area contributed by atoms with Crippen molar-refractivity contribution in [3.8, 4) is 0 Å². The zero-order chi connectivity index (χ0) is 36.6. The molecule has 0 aliphatic heterocycles. The maximum atomic E-state index is 12.5. The lowest BCUT2D eigenvalue weighted by molar-refractivity contribution is -0.153. The molecule has 0 aliphatic rings. The number of hydrogen-bond acceptors (Lipinski definition) is 7. The molecule has 9 heteroatoms. The van der Waals surface area contributed by atoms with Crippen LogP contribution in [0, 0.1) is 0 Å². The molecule has 8 nitrogen and oxygen atoms in total. The van der Waals surface area contributed by atoms with Gasteiger partial charge in [0.2, 0.25) is 0 Å². The third kappa shape index (κ3) is 37.6. The second kappa shape index (κ2) is 38.5. The van der Waals surface area contributed by atoms with Crippen molar-refractivity contribution in [2.45, 2.75) is 180 Å². The Labute approximate surface area is 307 Å². The number of allylic oxidation sites excluding steroid dienone is 7. The molecule has 0 aliphatic carbocycles. The van der Waals surface area contributed by atoms with Crippen molar-refractivity contribution < 1.29 is 32.8 Å². The standard InChI is InChI=1S/C41H76NO7P/c1-3-5-7-9-11-13-15-17-19-21-23-25-27-29-31-33-36-46-38-40(39-48-50(44,45)47-37-35-42)49-41(43)34-32-30-28-26-24-22-20-18-16-14-12-10-8-6-4-2/h6,8,12,14,18,20,33,36,40H,3-5,7,9-11,13,15-17,19,21-32,34-35,37-39,42H2,1-2H3,(H,44,45)/t40-/m1/s1. The molecule has 0 saturated carbocycles. The molecule has 3 N–H and O–H groups in total. The van der Waals surface area contributed by atoms with Crippen LogP contribution >= 0.6 is 7.82 Å². The van der Waals surface area contributed by atoms with Crippen LogP contribution in [-0.4, -0.2) is 43.3 Å². The highest BCUT2D eigenvalue weighted by Gasteiger charge is 2.25. The van der Waals surface area contributed by atoms with Gasteiger partial charge in [-0.15, -0.1) is 0 Å². The maximum Gasteiger partial charge on any atom is 0.472 e. The molecular formula is C41H76NO7P. The highest BCUT2D eigenvalue weighted by molar-refractivity contribution is 7.47.